The number of nitrogens with zero attached hydrogens (tertiary/aromatic N) is 3. The van der Waals surface area contributed by atoms with E-state index in [9.17, 15) is 4.79 Å². The molecule has 4 rings (SSSR count). The maximum absolute atomic E-state index is 12.7. The number of benzene rings is 1. The minimum Gasteiger partial charge on any atom is -0.339 e. The molecule has 0 bridgehead atoms. The Bertz CT molecular complexity index is 734. The topological polar surface area (TPSA) is 59.2 Å². The molecule has 2 aromatic rings. The Balaban J connectivity index is 1.45. The molecule has 1 aliphatic carbocycles. The lowest BCUT2D eigenvalue weighted by Crippen LogP contribution is -2.29. The maximum Gasteiger partial charge on any atom is 0.254 e. The third-order valence-corrected chi connectivity index (χ3v) is 5.38. The molecule has 2 heterocycles. The second-order valence-corrected chi connectivity index (χ2v) is 7.02. The number of amides is 1. The third-order valence-electron chi connectivity index (χ3n) is 5.38. The monoisotopic (exact) mass is 325 g/mol. The van der Waals surface area contributed by atoms with Gasteiger partial charge in [-0.1, -0.05) is 36.2 Å². The van der Waals surface area contributed by atoms with Gasteiger partial charge in [-0.15, -0.1) is 0 Å². The average Bonchev–Trinajstić information content (AvgIpc) is 3.33. The van der Waals surface area contributed by atoms with Crippen LogP contribution in [0.2, 0.25) is 0 Å². The zero-order chi connectivity index (χ0) is 16.5. The Morgan fingerprint density at radius 1 is 1.17 bits per heavy atom. The van der Waals surface area contributed by atoms with Crippen LogP contribution in [0.1, 0.15) is 71.6 Å². The summed E-state index contributed by atoms with van der Waals surface area (Å²) in [6, 6.07) is 7.75. The van der Waals surface area contributed by atoms with E-state index in [1.54, 1.807) is 0 Å². The first-order chi connectivity index (χ1) is 11.7. The van der Waals surface area contributed by atoms with Crippen LogP contribution >= 0.6 is 0 Å². The Labute approximate surface area is 142 Å². The molecule has 0 spiro atoms. The summed E-state index contributed by atoms with van der Waals surface area (Å²) in [5, 5.41) is 4.20. The van der Waals surface area contributed by atoms with Crippen LogP contribution in [0.15, 0.2) is 28.8 Å². The predicted octanol–water partition coefficient (Wildman–Crippen LogP) is 3.67. The Kier molecular flexibility index (Phi) is 4.08. The molecule has 0 unspecified atom stereocenters. The minimum atomic E-state index is 0.103. The van der Waals surface area contributed by atoms with E-state index < -0.39 is 0 Å². The van der Waals surface area contributed by atoms with Crippen molar-refractivity contribution in [3.63, 3.8) is 0 Å². The Hall–Kier alpha value is -2.17. The Morgan fingerprint density at radius 2 is 1.96 bits per heavy atom. The number of hydrogen-bond donors (Lipinski definition) is 0. The molecule has 24 heavy (non-hydrogen) atoms. The highest BCUT2D eigenvalue weighted by Crippen LogP contribution is 2.34. The molecule has 1 aromatic carbocycles. The molecule has 5 heteroatoms. The van der Waals surface area contributed by atoms with Crippen LogP contribution in [0, 0.1) is 6.92 Å². The first-order valence-corrected chi connectivity index (χ1v) is 8.91. The minimum absolute atomic E-state index is 0.103. The molecule has 2 aliphatic rings. The quantitative estimate of drug-likeness (QED) is 0.864. The van der Waals surface area contributed by atoms with E-state index in [-0.39, 0.29) is 11.8 Å². The summed E-state index contributed by atoms with van der Waals surface area (Å²) in [6.07, 6.45) is 5.75. The summed E-state index contributed by atoms with van der Waals surface area (Å²) in [5.41, 5.74) is 1.81. The highest BCUT2D eigenvalue weighted by molar-refractivity contribution is 5.95. The number of aromatic nitrogens is 2. The number of rotatable bonds is 3. The average molecular weight is 325 g/mol. The highest BCUT2D eigenvalue weighted by Gasteiger charge is 2.33. The van der Waals surface area contributed by atoms with Gasteiger partial charge < -0.3 is 9.42 Å². The Morgan fingerprint density at radius 3 is 2.75 bits per heavy atom. The van der Waals surface area contributed by atoms with Gasteiger partial charge in [-0.3, -0.25) is 4.79 Å². The van der Waals surface area contributed by atoms with Crippen molar-refractivity contribution in [3.8, 4) is 0 Å². The fourth-order valence-corrected chi connectivity index (χ4v) is 3.89. The molecular weight excluding hydrogens is 302 g/mol. The number of carbonyl (C=O) groups is 1. The van der Waals surface area contributed by atoms with E-state index in [0.29, 0.717) is 18.4 Å². The molecule has 1 atom stereocenters. The number of aryl methyl sites for hydroxylation is 1. The molecular formula is C19H23N3O2. The normalized spacial score (nSPS) is 21.5. The first kappa shape index (κ1) is 15.4. The first-order valence-electron chi connectivity index (χ1n) is 8.91. The van der Waals surface area contributed by atoms with Crippen LogP contribution in [0.4, 0.5) is 0 Å². The molecule has 0 N–H and O–H groups in total. The predicted molar refractivity (Wildman–Crippen MR) is 89.9 cm³/mol. The van der Waals surface area contributed by atoms with Crippen LogP contribution in [0.5, 0.6) is 0 Å². The van der Waals surface area contributed by atoms with Crippen molar-refractivity contribution < 1.29 is 9.32 Å². The van der Waals surface area contributed by atoms with Crippen LogP contribution in [-0.2, 0) is 0 Å². The van der Waals surface area contributed by atoms with Gasteiger partial charge in [0.25, 0.3) is 5.91 Å². The van der Waals surface area contributed by atoms with Gasteiger partial charge in [-0.05, 0) is 37.8 Å². The number of likely N-dealkylation sites (tertiary alicyclic amines) is 1. The van der Waals surface area contributed by atoms with Gasteiger partial charge in [0.05, 0.1) is 5.92 Å². The standard InChI is InChI=1S/C19H23N3O2/c1-13-6-2-5-9-16(13)19(23)22-11-10-15(12-22)18-20-17(21-24-18)14-7-3-4-8-14/h2,5-6,9,14-15H,3-4,7-8,10-12H2,1H3/t15-/m1/s1. The molecule has 1 amide bonds. The van der Waals surface area contributed by atoms with E-state index in [4.69, 9.17) is 4.52 Å². The van der Waals surface area contributed by atoms with Crippen LogP contribution in [0.25, 0.3) is 0 Å². The van der Waals surface area contributed by atoms with Gasteiger partial charge in [-0.25, -0.2) is 0 Å². The molecule has 1 saturated carbocycles. The van der Waals surface area contributed by atoms with Crippen molar-refractivity contribution >= 4 is 5.91 Å². The van der Waals surface area contributed by atoms with Crippen molar-refractivity contribution in [2.75, 3.05) is 13.1 Å². The van der Waals surface area contributed by atoms with Crippen molar-refractivity contribution in [1.82, 2.24) is 15.0 Å². The van der Waals surface area contributed by atoms with Crippen LogP contribution < -0.4 is 0 Å². The van der Waals surface area contributed by atoms with E-state index >= 15 is 0 Å². The summed E-state index contributed by atoms with van der Waals surface area (Å²) < 4.78 is 5.52. The second kappa shape index (κ2) is 6.38. The summed E-state index contributed by atoms with van der Waals surface area (Å²) in [6.45, 7) is 3.39. The summed E-state index contributed by atoms with van der Waals surface area (Å²) in [4.78, 5) is 19.3. The smallest absolute Gasteiger partial charge is 0.254 e. The number of carbonyl (C=O) groups excluding carboxylic acids is 1. The van der Waals surface area contributed by atoms with Gasteiger partial charge in [-0.2, -0.15) is 4.98 Å². The highest BCUT2D eigenvalue weighted by atomic mass is 16.5. The van der Waals surface area contributed by atoms with Crippen LogP contribution in [0.3, 0.4) is 0 Å². The van der Waals surface area contributed by atoms with E-state index in [1.165, 1.54) is 25.7 Å². The molecule has 1 saturated heterocycles. The molecule has 0 radical (unpaired) electrons. The largest absolute Gasteiger partial charge is 0.339 e. The van der Waals surface area contributed by atoms with Crippen molar-refractivity contribution in [3.05, 3.63) is 47.1 Å². The fourth-order valence-electron chi connectivity index (χ4n) is 3.89. The van der Waals surface area contributed by atoms with Crippen molar-refractivity contribution in [1.29, 1.82) is 0 Å². The summed E-state index contributed by atoms with van der Waals surface area (Å²) in [7, 11) is 0. The van der Waals surface area contributed by atoms with E-state index in [0.717, 1.165) is 29.9 Å². The molecule has 1 aliphatic heterocycles. The lowest BCUT2D eigenvalue weighted by Gasteiger charge is -2.17. The lowest BCUT2D eigenvalue weighted by molar-refractivity contribution is 0.0789. The van der Waals surface area contributed by atoms with Crippen molar-refractivity contribution in [2.45, 2.75) is 50.9 Å². The zero-order valence-electron chi connectivity index (χ0n) is 14.1. The summed E-state index contributed by atoms with van der Waals surface area (Å²) >= 11 is 0. The van der Waals surface area contributed by atoms with Crippen LogP contribution in [-0.4, -0.2) is 34.0 Å². The van der Waals surface area contributed by atoms with Gasteiger partial charge in [0.1, 0.15) is 0 Å². The second-order valence-electron chi connectivity index (χ2n) is 7.02. The van der Waals surface area contributed by atoms with E-state index in [1.807, 2.05) is 36.1 Å². The third kappa shape index (κ3) is 2.83. The molecule has 1 aromatic heterocycles. The molecule has 5 nitrogen and oxygen atoms in total. The summed E-state index contributed by atoms with van der Waals surface area (Å²) in [5.74, 6) is 2.31. The van der Waals surface area contributed by atoms with Crippen molar-refractivity contribution in [2.24, 2.45) is 0 Å². The van der Waals surface area contributed by atoms with Gasteiger partial charge in [0, 0.05) is 24.6 Å². The maximum atomic E-state index is 12.7. The fraction of sp³-hybridized carbons (Fsp3) is 0.526. The van der Waals surface area contributed by atoms with Gasteiger partial charge in [0.2, 0.25) is 5.89 Å². The molecule has 126 valence electrons. The SMILES string of the molecule is Cc1ccccc1C(=O)N1CC[C@@H](c2nc(C3CCCC3)no2)C1. The number of hydrogen-bond acceptors (Lipinski definition) is 4. The zero-order valence-corrected chi connectivity index (χ0v) is 14.1. The van der Waals surface area contributed by atoms with Gasteiger partial charge in [0.15, 0.2) is 5.82 Å². The lowest BCUT2D eigenvalue weighted by atomic mass is 10.1. The van der Waals surface area contributed by atoms with E-state index in [2.05, 4.69) is 10.1 Å². The molecule has 2 fully saturated rings. The van der Waals surface area contributed by atoms with Gasteiger partial charge >= 0.3 is 0 Å².